The van der Waals surface area contributed by atoms with E-state index in [2.05, 4.69) is 49.3 Å². The van der Waals surface area contributed by atoms with Crippen molar-refractivity contribution in [2.24, 2.45) is 0 Å². The van der Waals surface area contributed by atoms with Gasteiger partial charge in [0.2, 0.25) is 0 Å². The molecule has 0 fully saturated rings. The molecule has 0 radical (unpaired) electrons. The summed E-state index contributed by atoms with van der Waals surface area (Å²) in [6, 6.07) is 6.19. The van der Waals surface area contributed by atoms with Crippen LogP contribution in [0.3, 0.4) is 0 Å². The Labute approximate surface area is 194 Å². The molecule has 1 unspecified atom stereocenters. The zero-order valence-corrected chi connectivity index (χ0v) is 20.6. The predicted molar refractivity (Wildman–Crippen MR) is 137 cm³/mol. The quantitative estimate of drug-likeness (QED) is 0.246. The van der Waals surface area contributed by atoms with Crippen LogP contribution in [0.2, 0.25) is 0 Å². The van der Waals surface area contributed by atoms with Gasteiger partial charge in [0.25, 0.3) is 5.91 Å². The Morgan fingerprint density at radius 1 is 1.34 bits per heavy atom. The summed E-state index contributed by atoms with van der Waals surface area (Å²) in [4.78, 5) is 12.1. The summed E-state index contributed by atoms with van der Waals surface area (Å²) in [6.07, 6.45) is 11.9. The van der Waals surface area contributed by atoms with Gasteiger partial charge in [-0.1, -0.05) is 46.0 Å². The van der Waals surface area contributed by atoms with E-state index in [1.165, 1.54) is 10.9 Å². The van der Waals surface area contributed by atoms with Gasteiger partial charge in [-0.25, -0.2) is 0 Å². The molecular weight excluding hydrogens is 419 g/mol. The number of carbonyl (C=O) groups excluding carboxylic acids is 1. The molecule has 2 rings (SSSR count). The first-order valence-electron chi connectivity index (χ1n) is 11.3. The average Bonchev–Trinajstić information content (AvgIpc) is 2.82. The van der Waals surface area contributed by atoms with Crippen LogP contribution in [0.15, 0.2) is 54.5 Å². The van der Waals surface area contributed by atoms with Gasteiger partial charge in [0.1, 0.15) is 5.75 Å². The Balaban J connectivity index is 2.12. The van der Waals surface area contributed by atoms with Gasteiger partial charge in [0.15, 0.2) is 6.61 Å². The van der Waals surface area contributed by atoms with Gasteiger partial charge in [0, 0.05) is 13.6 Å². The molecule has 0 aromatic heterocycles. The minimum absolute atomic E-state index is 0.0165. The molecule has 6 heteroatoms. The van der Waals surface area contributed by atoms with Crippen LogP contribution >= 0.6 is 8.58 Å². The Morgan fingerprint density at radius 2 is 2.19 bits per heavy atom. The largest absolute Gasteiger partial charge is 0.484 e. The number of nitrogens with one attached hydrogen (secondary N) is 2. The molecule has 1 heterocycles. The highest BCUT2D eigenvalue weighted by Crippen LogP contribution is 2.33. The zero-order chi connectivity index (χ0) is 23.2. The number of allylic oxidation sites excluding steroid dienone is 4. The van der Waals surface area contributed by atoms with Gasteiger partial charge in [-0.2, -0.15) is 0 Å². The van der Waals surface area contributed by atoms with Crippen molar-refractivity contribution in [1.29, 1.82) is 0 Å². The molecule has 5 nitrogen and oxygen atoms in total. The SMILES string of the molecule is C=C(CP/C(C)=C\C=C\NC)c1cc(OCC(=O)NCCCC)cc(C2=CCOCC2)c1. The number of amides is 1. The van der Waals surface area contributed by atoms with Crippen LogP contribution in [0, 0.1) is 0 Å². The minimum atomic E-state index is -0.0913. The van der Waals surface area contributed by atoms with E-state index in [1.807, 2.05) is 31.5 Å². The molecule has 174 valence electrons. The third kappa shape index (κ3) is 9.42. The van der Waals surface area contributed by atoms with Crippen LogP contribution in [0.5, 0.6) is 5.75 Å². The van der Waals surface area contributed by atoms with E-state index < -0.39 is 0 Å². The van der Waals surface area contributed by atoms with Crippen molar-refractivity contribution >= 4 is 25.6 Å². The topological polar surface area (TPSA) is 59.6 Å². The summed E-state index contributed by atoms with van der Waals surface area (Å²) in [5, 5.41) is 7.21. The van der Waals surface area contributed by atoms with Gasteiger partial charge in [0.05, 0.1) is 13.2 Å². The van der Waals surface area contributed by atoms with Crippen molar-refractivity contribution in [3.63, 3.8) is 0 Å². The second kappa shape index (κ2) is 14.7. The summed E-state index contributed by atoms with van der Waals surface area (Å²) in [5.41, 5.74) is 4.49. The molecule has 1 aliphatic heterocycles. The number of hydrogen-bond acceptors (Lipinski definition) is 4. The number of rotatable bonds is 13. The van der Waals surface area contributed by atoms with Crippen LogP contribution in [0.1, 0.15) is 44.2 Å². The summed E-state index contributed by atoms with van der Waals surface area (Å²) >= 11 is 0. The van der Waals surface area contributed by atoms with Crippen LogP contribution in [-0.2, 0) is 9.53 Å². The molecule has 1 aromatic rings. The smallest absolute Gasteiger partial charge is 0.257 e. The van der Waals surface area contributed by atoms with Crippen molar-refractivity contribution in [2.75, 3.05) is 39.6 Å². The van der Waals surface area contributed by atoms with Crippen LogP contribution in [-0.4, -0.2) is 45.5 Å². The average molecular weight is 457 g/mol. The van der Waals surface area contributed by atoms with Crippen molar-refractivity contribution < 1.29 is 14.3 Å². The number of hydrogen-bond donors (Lipinski definition) is 2. The van der Waals surface area contributed by atoms with Crippen molar-refractivity contribution in [1.82, 2.24) is 10.6 Å². The van der Waals surface area contributed by atoms with Crippen LogP contribution in [0.25, 0.3) is 11.1 Å². The molecule has 32 heavy (non-hydrogen) atoms. The van der Waals surface area contributed by atoms with Gasteiger partial charge in [-0.3, -0.25) is 4.79 Å². The van der Waals surface area contributed by atoms with E-state index in [0.717, 1.165) is 48.7 Å². The first-order chi connectivity index (χ1) is 15.5. The molecule has 1 atom stereocenters. The molecular formula is C26H37N2O3P. The van der Waals surface area contributed by atoms with E-state index in [1.54, 1.807) is 0 Å². The standard InChI is InChI=1S/C26H37N2O3P/c1-5-6-12-28-26(29)18-31-25-16-23(15-24(17-25)22-9-13-30-14-10-22)20(2)19-32-21(3)8-7-11-27-4/h7-9,11,15-17,27,32H,2,5-6,10,12-14,18-19H2,1,3-4H3,(H,28,29)/b11-7+,21-8-. The van der Waals surface area contributed by atoms with Crippen molar-refractivity contribution in [3.8, 4) is 5.75 Å². The molecule has 0 saturated carbocycles. The predicted octanol–water partition coefficient (Wildman–Crippen LogP) is 5.11. The number of carbonyl (C=O) groups is 1. The fourth-order valence-electron chi connectivity index (χ4n) is 3.16. The normalized spacial score (nSPS) is 14.6. The highest BCUT2D eigenvalue weighted by Gasteiger charge is 2.12. The van der Waals surface area contributed by atoms with Gasteiger partial charge in [-0.05, 0) is 78.7 Å². The molecule has 1 aliphatic rings. The van der Waals surface area contributed by atoms with E-state index in [-0.39, 0.29) is 12.5 Å². The summed E-state index contributed by atoms with van der Waals surface area (Å²) < 4.78 is 11.3. The lowest BCUT2D eigenvalue weighted by Crippen LogP contribution is -2.29. The first kappa shape index (κ1) is 25.9. The van der Waals surface area contributed by atoms with Crippen molar-refractivity contribution in [3.05, 3.63) is 65.6 Å². The van der Waals surface area contributed by atoms with E-state index >= 15 is 0 Å². The zero-order valence-electron chi connectivity index (χ0n) is 19.6. The van der Waals surface area contributed by atoms with Crippen molar-refractivity contribution in [2.45, 2.75) is 33.1 Å². The minimum Gasteiger partial charge on any atom is -0.484 e. The van der Waals surface area contributed by atoms with Crippen LogP contribution < -0.4 is 15.4 Å². The highest BCUT2D eigenvalue weighted by molar-refractivity contribution is 7.43. The fourth-order valence-corrected chi connectivity index (χ4v) is 4.07. The number of ether oxygens (including phenoxy) is 2. The summed E-state index contributed by atoms with van der Waals surface area (Å²) in [6.45, 7) is 10.6. The molecule has 0 aliphatic carbocycles. The maximum atomic E-state index is 12.1. The summed E-state index contributed by atoms with van der Waals surface area (Å²) in [7, 11) is 2.55. The molecule has 2 N–H and O–H groups in total. The molecule has 1 aromatic carbocycles. The lowest BCUT2D eigenvalue weighted by Gasteiger charge is -2.17. The maximum Gasteiger partial charge on any atom is 0.257 e. The van der Waals surface area contributed by atoms with E-state index in [4.69, 9.17) is 9.47 Å². The lowest BCUT2D eigenvalue weighted by atomic mass is 9.97. The van der Waals surface area contributed by atoms with Gasteiger partial charge in [-0.15, -0.1) is 0 Å². The molecule has 0 saturated heterocycles. The summed E-state index contributed by atoms with van der Waals surface area (Å²) in [5.74, 6) is 0.607. The second-order valence-corrected chi connectivity index (χ2v) is 9.24. The maximum absolute atomic E-state index is 12.1. The van der Waals surface area contributed by atoms with Gasteiger partial charge >= 0.3 is 0 Å². The highest BCUT2D eigenvalue weighted by atomic mass is 31.1. The molecule has 1 amide bonds. The Hall–Kier alpha value is -2.36. The number of benzene rings is 1. The Bertz CT molecular complexity index is 859. The monoisotopic (exact) mass is 456 g/mol. The van der Waals surface area contributed by atoms with E-state index in [0.29, 0.717) is 27.5 Å². The number of unbranched alkanes of at least 4 members (excludes halogenated alkanes) is 1. The Kier molecular flexibility index (Phi) is 11.9. The van der Waals surface area contributed by atoms with Crippen LogP contribution in [0.4, 0.5) is 0 Å². The third-order valence-electron chi connectivity index (χ3n) is 5.06. The molecule has 0 spiro atoms. The first-order valence-corrected chi connectivity index (χ1v) is 12.5. The Morgan fingerprint density at radius 3 is 2.91 bits per heavy atom. The second-order valence-electron chi connectivity index (χ2n) is 7.75. The fraction of sp³-hybridized carbons (Fsp3) is 0.423. The van der Waals surface area contributed by atoms with Gasteiger partial charge < -0.3 is 20.1 Å². The third-order valence-corrected chi connectivity index (χ3v) is 6.39. The van der Waals surface area contributed by atoms with E-state index in [9.17, 15) is 4.79 Å². The molecule has 0 bridgehead atoms. The lowest BCUT2D eigenvalue weighted by molar-refractivity contribution is -0.123.